The number of furan rings is 1. The molecule has 104 valence electrons. The van der Waals surface area contributed by atoms with Gasteiger partial charge in [0.2, 0.25) is 0 Å². The van der Waals surface area contributed by atoms with E-state index in [1.807, 2.05) is 12.1 Å². The Labute approximate surface area is 123 Å². The monoisotopic (exact) mass is 286 g/mol. The van der Waals surface area contributed by atoms with E-state index < -0.39 is 0 Å². The van der Waals surface area contributed by atoms with Gasteiger partial charge in [0.05, 0.1) is 17.3 Å². The average Bonchev–Trinajstić information content (AvgIpc) is 3.04. The van der Waals surface area contributed by atoms with Crippen LogP contribution in [-0.4, -0.2) is 9.55 Å². The maximum Gasteiger partial charge on any atom is 0.178 e. The van der Waals surface area contributed by atoms with Crippen molar-refractivity contribution < 1.29 is 4.42 Å². The van der Waals surface area contributed by atoms with E-state index in [-0.39, 0.29) is 0 Å². The molecule has 3 rings (SSSR count). The zero-order chi connectivity index (χ0) is 14.1. The third-order valence-corrected chi connectivity index (χ3v) is 4.09. The molecule has 20 heavy (non-hydrogen) atoms. The van der Waals surface area contributed by atoms with E-state index >= 15 is 0 Å². The van der Waals surface area contributed by atoms with E-state index in [2.05, 4.69) is 41.6 Å². The van der Waals surface area contributed by atoms with Gasteiger partial charge in [-0.05, 0) is 56.2 Å². The smallest absolute Gasteiger partial charge is 0.178 e. The molecule has 1 unspecified atom stereocenters. The van der Waals surface area contributed by atoms with Crippen LogP contribution < -0.4 is 0 Å². The maximum absolute atomic E-state index is 5.49. The molecule has 0 aliphatic carbocycles. The molecule has 1 aromatic carbocycles. The second-order valence-corrected chi connectivity index (χ2v) is 5.62. The van der Waals surface area contributed by atoms with E-state index in [0.717, 1.165) is 28.9 Å². The van der Waals surface area contributed by atoms with Crippen LogP contribution in [0.4, 0.5) is 0 Å². The van der Waals surface area contributed by atoms with Gasteiger partial charge in [0.25, 0.3) is 0 Å². The Hall–Kier alpha value is -1.81. The predicted octanol–water partition coefficient (Wildman–Crippen LogP) is 4.79. The highest BCUT2D eigenvalue weighted by atomic mass is 32.1. The van der Waals surface area contributed by atoms with E-state index in [4.69, 9.17) is 16.6 Å². The van der Waals surface area contributed by atoms with Crippen molar-refractivity contribution in [2.24, 2.45) is 0 Å². The summed E-state index contributed by atoms with van der Waals surface area (Å²) in [5, 5.41) is 0. The van der Waals surface area contributed by atoms with E-state index in [0.29, 0.717) is 6.04 Å². The molecule has 0 radical (unpaired) electrons. The molecule has 0 aliphatic heterocycles. The summed E-state index contributed by atoms with van der Waals surface area (Å²) in [5.74, 6) is 1.03. The first-order chi connectivity index (χ1) is 9.66. The van der Waals surface area contributed by atoms with Crippen LogP contribution in [0, 0.1) is 11.7 Å². The number of fused-ring (bicyclic) bond motifs is 1. The standard InChI is InChI=1S/C16H18N2OS/c1-11-5-3-7-14-15(11)17-16(20)18(14)12(2)8-9-13-6-4-10-19-13/h3-7,10,12H,8-9H2,1-2H3,(H,17,20). The van der Waals surface area contributed by atoms with Crippen LogP contribution in [0.15, 0.2) is 41.0 Å². The summed E-state index contributed by atoms with van der Waals surface area (Å²) in [6.45, 7) is 4.31. The van der Waals surface area contributed by atoms with Gasteiger partial charge in [-0.1, -0.05) is 12.1 Å². The molecule has 3 nitrogen and oxygen atoms in total. The van der Waals surface area contributed by atoms with Crippen LogP contribution in [0.1, 0.15) is 30.7 Å². The van der Waals surface area contributed by atoms with Crippen LogP contribution in [0.25, 0.3) is 11.0 Å². The quantitative estimate of drug-likeness (QED) is 0.699. The number of benzene rings is 1. The molecule has 2 aromatic heterocycles. The van der Waals surface area contributed by atoms with Crippen molar-refractivity contribution in [1.82, 2.24) is 9.55 Å². The highest BCUT2D eigenvalue weighted by Crippen LogP contribution is 2.24. The fraction of sp³-hybridized carbons (Fsp3) is 0.312. The number of aryl methyl sites for hydroxylation is 2. The van der Waals surface area contributed by atoms with Crippen LogP contribution >= 0.6 is 12.2 Å². The minimum atomic E-state index is 0.336. The summed E-state index contributed by atoms with van der Waals surface area (Å²) >= 11 is 5.49. The van der Waals surface area contributed by atoms with Crippen molar-refractivity contribution in [3.63, 3.8) is 0 Å². The van der Waals surface area contributed by atoms with Gasteiger partial charge >= 0.3 is 0 Å². The number of aromatic nitrogens is 2. The minimum absolute atomic E-state index is 0.336. The Kier molecular flexibility index (Phi) is 3.49. The van der Waals surface area contributed by atoms with Crippen LogP contribution in [0.3, 0.4) is 0 Å². The highest BCUT2D eigenvalue weighted by Gasteiger charge is 2.12. The molecule has 0 bridgehead atoms. The molecule has 0 spiro atoms. The molecule has 0 saturated heterocycles. The molecule has 4 heteroatoms. The number of H-pyrrole nitrogens is 1. The van der Waals surface area contributed by atoms with Gasteiger partial charge in [0, 0.05) is 12.5 Å². The lowest BCUT2D eigenvalue weighted by Gasteiger charge is -2.14. The summed E-state index contributed by atoms with van der Waals surface area (Å²) < 4.78 is 8.40. The lowest BCUT2D eigenvalue weighted by molar-refractivity contribution is 0.455. The van der Waals surface area contributed by atoms with Gasteiger partial charge in [-0.2, -0.15) is 0 Å². The Bertz CT molecular complexity index is 767. The second kappa shape index (κ2) is 5.29. The van der Waals surface area contributed by atoms with Gasteiger partial charge < -0.3 is 14.0 Å². The first kappa shape index (κ1) is 13.2. The SMILES string of the molecule is Cc1cccc2c1[nH]c(=S)n2C(C)CCc1ccco1. The van der Waals surface area contributed by atoms with Crippen molar-refractivity contribution in [2.45, 2.75) is 32.7 Å². The largest absolute Gasteiger partial charge is 0.469 e. The molecule has 1 N–H and O–H groups in total. The molecular formula is C16H18N2OS. The van der Waals surface area contributed by atoms with Crippen molar-refractivity contribution >= 4 is 23.3 Å². The molecule has 0 fully saturated rings. The summed E-state index contributed by atoms with van der Waals surface area (Å²) in [6, 6.07) is 10.6. The number of hydrogen-bond acceptors (Lipinski definition) is 2. The molecule has 1 atom stereocenters. The maximum atomic E-state index is 5.49. The van der Waals surface area contributed by atoms with Crippen molar-refractivity contribution in [2.75, 3.05) is 0 Å². The number of hydrogen-bond donors (Lipinski definition) is 1. The summed E-state index contributed by atoms with van der Waals surface area (Å²) in [7, 11) is 0. The zero-order valence-corrected chi connectivity index (χ0v) is 12.5. The Morgan fingerprint density at radius 2 is 2.15 bits per heavy atom. The summed E-state index contributed by atoms with van der Waals surface area (Å²) in [5.41, 5.74) is 3.55. The second-order valence-electron chi connectivity index (χ2n) is 5.24. The lowest BCUT2D eigenvalue weighted by atomic mass is 10.1. The third kappa shape index (κ3) is 2.31. The minimum Gasteiger partial charge on any atom is -0.469 e. The van der Waals surface area contributed by atoms with E-state index in [1.165, 1.54) is 11.1 Å². The van der Waals surface area contributed by atoms with Gasteiger partial charge in [-0.15, -0.1) is 0 Å². The molecular weight excluding hydrogens is 268 g/mol. The number of rotatable bonds is 4. The first-order valence-corrected chi connectivity index (χ1v) is 7.30. The number of imidazole rings is 1. The average molecular weight is 286 g/mol. The number of aromatic amines is 1. The summed E-state index contributed by atoms with van der Waals surface area (Å²) in [6.07, 6.45) is 3.65. The third-order valence-electron chi connectivity index (χ3n) is 3.79. The molecule has 2 heterocycles. The van der Waals surface area contributed by atoms with Gasteiger partial charge in [-0.3, -0.25) is 0 Å². The normalized spacial score (nSPS) is 12.9. The Balaban J connectivity index is 1.91. The fourth-order valence-corrected chi connectivity index (χ4v) is 3.05. The number of para-hydroxylation sites is 1. The lowest BCUT2D eigenvalue weighted by Crippen LogP contribution is -2.06. The van der Waals surface area contributed by atoms with Crippen LogP contribution in [0.2, 0.25) is 0 Å². The van der Waals surface area contributed by atoms with Crippen LogP contribution in [0.5, 0.6) is 0 Å². The number of nitrogens with zero attached hydrogens (tertiary/aromatic N) is 1. The molecule has 3 aromatic rings. The van der Waals surface area contributed by atoms with Crippen molar-refractivity contribution in [3.8, 4) is 0 Å². The Morgan fingerprint density at radius 3 is 2.90 bits per heavy atom. The molecule has 0 amide bonds. The van der Waals surface area contributed by atoms with Crippen LogP contribution in [-0.2, 0) is 6.42 Å². The van der Waals surface area contributed by atoms with E-state index in [9.17, 15) is 0 Å². The van der Waals surface area contributed by atoms with Gasteiger partial charge in [0.15, 0.2) is 4.77 Å². The molecule has 0 aliphatic rings. The molecule has 0 saturated carbocycles. The zero-order valence-electron chi connectivity index (χ0n) is 11.7. The van der Waals surface area contributed by atoms with Crippen molar-refractivity contribution in [1.29, 1.82) is 0 Å². The highest BCUT2D eigenvalue weighted by molar-refractivity contribution is 7.71. The first-order valence-electron chi connectivity index (χ1n) is 6.89. The number of nitrogens with one attached hydrogen (secondary N) is 1. The topological polar surface area (TPSA) is 33.9 Å². The fourth-order valence-electron chi connectivity index (χ4n) is 2.66. The predicted molar refractivity (Wildman–Crippen MR) is 83.6 cm³/mol. The van der Waals surface area contributed by atoms with Gasteiger partial charge in [0.1, 0.15) is 5.76 Å². The van der Waals surface area contributed by atoms with Crippen molar-refractivity contribution in [3.05, 3.63) is 52.7 Å². The Morgan fingerprint density at radius 1 is 1.30 bits per heavy atom. The summed E-state index contributed by atoms with van der Waals surface area (Å²) in [4.78, 5) is 3.32. The van der Waals surface area contributed by atoms with E-state index in [1.54, 1.807) is 6.26 Å². The van der Waals surface area contributed by atoms with Gasteiger partial charge in [-0.25, -0.2) is 0 Å².